The van der Waals surface area contributed by atoms with E-state index < -0.39 is 0 Å². The smallest absolute Gasteiger partial charge is 0.140 e. The number of hydrogen-bond donors (Lipinski definition) is 1. The van der Waals surface area contributed by atoms with Crippen LogP contribution < -0.4 is 5.32 Å². The van der Waals surface area contributed by atoms with Gasteiger partial charge in [0, 0.05) is 30.9 Å². The van der Waals surface area contributed by atoms with Crippen LogP contribution in [0.2, 0.25) is 0 Å². The van der Waals surface area contributed by atoms with Crippen LogP contribution in [-0.2, 0) is 6.54 Å². The monoisotopic (exact) mass is 270 g/mol. The summed E-state index contributed by atoms with van der Waals surface area (Å²) in [6.45, 7) is 4.22. The SMILES string of the molecule is CCN(Cc1ccnc(C#N)c1)C1CC2CCC(C1)N2. The zero-order valence-electron chi connectivity index (χ0n) is 12.0. The standard InChI is InChI=1S/C16H22N4/c1-2-20(11-12-5-6-18-15(7-12)10-17)16-8-13-3-4-14(9-16)19-13/h5-7,13-14,16,19H,2-4,8-9,11H2,1H3. The molecule has 3 heterocycles. The molecule has 2 aliphatic heterocycles. The van der Waals surface area contributed by atoms with Gasteiger partial charge in [-0.15, -0.1) is 0 Å². The lowest BCUT2D eigenvalue weighted by molar-refractivity contribution is 0.140. The molecular weight excluding hydrogens is 248 g/mol. The normalized spacial score (nSPS) is 28.6. The molecule has 0 saturated carbocycles. The van der Waals surface area contributed by atoms with Crippen LogP contribution in [-0.4, -0.2) is 34.6 Å². The minimum Gasteiger partial charge on any atom is -0.311 e. The van der Waals surface area contributed by atoms with Gasteiger partial charge in [-0.3, -0.25) is 4.90 Å². The Morgan fingerprint density at radius 2 is 2.15 bits per heavy atom. The Morgan fingerprint density at radius 1 is 1.40 bits per heavy atom. The van der Waals surface area contributed by atoms with Crippen molar-refractivity contribution in [1.29, 1.82) is 5.26 Å². The number of fused-ring (bicyclic) bond motifs is 2. The maximum atomic E-state index is 8.95. The van der Waals surface area contributed by atoms with Crippen molar-refractivity contribution in [3.63, 3.8) is 0 Å². The highest BCUT2D eigenvalue weighted by Crippen LogP contribution is 2.30. The molecule has 0 aliphatic carbocycles. The third-order valence-electron chi connectivity index (χ3n) is 4.70. The van der Waals surface area contributed by atoms with Crippen LogP contribution in [0.1, 0.15) is 43.9 Å². The van der Waals surface area contributed by atoms with Crippen LogP contribution >= 0.6 is 0 Å². The Hall–Kier alpha value is -1.44. The molecule has 106 valence electrons. The van der Waals surface area contributed by atoms with Gasteiger partial charge in [0.05, 0.1) is 0 Å². The predicted octanol–water partition coefficient (Wildman–Crippen LogP) is 2.06. The third kappa shape index (κ3) is 2.84. The van der Waals surface area contributed by atoms with Crippen molar-refractivity contribution in [2.75, 3.05) is 6.54 Å². The van der Waals surface area contributed by atoms with Gasteiger partial charge in [0.15, 0.2) is 0 Å². The van der Waals surface area contributed by atoms with Crippen LogP contribution in [0.3, 0.4) is 0 Å². The Balaban J connectivity index is 1.69. The van der Waals surface area contributed by atoms with Crippen molar-refractivity contribution >= 4 is 0 Å². The molecule has 0 radical (unpaired) electrons. The first-order chi connectivity index (χ1) is 9.78. The molecule has 2 saturated heterocycles. The van der Waals surface area contributed by atoms with E-state index in [-0.39, 0.29) is 0 Å². The first kappa shape index (κ1) is 13.5. The highest BCUT2D eigenvalue weighted by atomic mass is 15.2. The summed E-state index contributed by atoms with van der Waals surface area (Å²) in [5.74, 6) is 0. The summed E-state index contributed by atoms with van der Waals surface area (Å²) >= 11 is 0. The van der Waals surface area contributed by atoms with E-state index in [0.717, 1.165) is 25.2 Å². The first-order valence-electron chi connectivity index (χ1n) is 7.63. The Kier molecular flexibility index (Phi) is 4.00. The highest BCUT2D eigenvalue weighted by molar-refractivity contribution is 5.25. The van der Waals surface area contributed by atoms with Crippen molar-refractivity contribution < 1.29 is 0 Å². The quantitative estimate of drug-likeness (QED) is 0.910. The maximum absolute atomic E-state index is 8.95. The van der Waals surface area contributed by atoms with Crippen molar-refractivity contribution in [3.05, 3.63) is 29.6 Å². The van der Waals surface area contributed by atoms with E-state index in [0.29, 0.717) is 11.7 Å². The third-order valence-corrected chi connectivity index (χ3v) is 4.70. The summed E-state index contributed by atoms with van der Waals surface area (Å²) in [6, 6.07) is 8.19. The average molecular weight is 270 g/mol. The van der Waals surface area contributed by atoms with Gasteiger partial charge < -0.3 is 5.32 Å². The number of hydrogen-bond acceptors (Lipinski definition) is 4. The lowest BCUT2D eigenvalue weighted by Crippen LogP contribution is -2.47. The van der Waals surface area contributed by atoms with E-state index in [1.54, 1.807) is 6.20 Å². The molecule has 1 aromatic heterocycles. The molecule has 0 amide bonds. The number of pyridine rings is 1. The predicted molar refractivity (Wildman–Crippen MR) is 78.0 cm³/mol. The molecule has 4 heteroatoms. The molecule has 0 aromatic carbocycles. The van der Waals surface area contributed by atoms with Crippen molar-refractivity contribution in [1.82, 2.24) is 15.2 Å². The van der Waals surface area contributed by atoms with Crippen molar-refractivity contribution in [2.24, 2.45) is 0 Å². The summed E-state index contributed by atoms with van der Waals surface area (Å²) in [5.41, 5.74) is 1.72. The van der Waals surface area contributed by atoms with E-state index in [9.17, 15) is 0 Å². The number of nitrogens with one attached hydrogen (secondary N) is 1. The van der Waals surface area contributed by atoms with E-state index >= 15 is 0 Å². The molecule has 3 rings (SSSR count). The van der Waals surface area contributed by atoms with Gasteiger partial charge in [0.2, 0.25) is 0 Å². The molecule has 1 N–H and O–H groups in total. The molecule has 2 aliphatic rings. The summed E-state index contributed by atoms with van der Waals surface area (Å²) in [5, 5.41) is 12.6. The first-order valence-corrected chi connectivity index (χ1v) is 7.63. The fourth-order valence-corrected chi connectivity index (χ4v) is 3.69. The van der Waals surface area contributed by atoms with E-state index in [1.807, 2.05) is 12.1 Å². The number of nitrogens with zero attached hydrogens (tertiary/aromatic N) is 3. The number of nitriles is 1. The van der Waals surface area contributed by atoms with Crippen molar-refractivity contribution in [2.45, 2.75) is 57.3 Å². The minimum absolute atomic E-state index is 0.518. The number of rotatable bonds is 4. The van der Waals surface area contributed by atoms with E-state index in [1.165, 1.54) is 31.2 Å². The molecule has 1 aromatic rings. The summed E-state index contributed by atoms with van der Waals surface area (Å²) in [7, 11) is 0. The maximum Gasteiger partial charge on any atom is 0.140 e. The second-order valence-corrected chi connectivity index (χ2v) is 5.99. The zero-order valence-corrected chi connectivity index (χ0v) is 12.0. The lowest BCUT2D eigenvalue weighted by Gasteiger charge is -2.37. The molecule has 2 bridgehead atoms. The van der Waals surface area contributed by atoms with Crippen LogP contribution in [0.4, 0.5) is 0 Å². The van der Waals surface area contributed by atoms with Gasteiger partial charge in [-0.05, 0) is 49.9 Å². The molecule has 2 fully saturated rings. The minimum atomic E-state index is 0.518. The molecule has 2 unspecified atom stereocenters. The molecule has 4 nitrogen and oxygen atoms in total. The topological polar surface area (TPSA) is 52.0 Å². The molecule has 2 atom stereocenters. The number of aromatic nitrogens is 1. The van der Waals surface area contributed by atoms with Gasteiger partial charge in [-0.1, -0.05) is 6.92 Å². The Labute approximate surface area is 120 Å². The molecule has 0 spiro atoms. The second kappa shape index (κ2) is 5.90. The Bertz CT molecular complexity index is 495. The van der Waals surface area contributed by atoms with E-state index in [2.05, 4.69) is 28.2 Å². The molecular formula is C16H22N4. The van der Waals surface area contributed by atoms with Crippen LogP contribution in [0, 0.1) is 11.3 Å². The van der Waals surface area contributed by atoms with E-state index in [4.69, 9.17) is 5.26 Å². The highest BCUT2D eigenvalue weighted by Gasteiger charge is 2.35. The van der Waals surface area contributed by atoms with Crippen LogP contribution in [0.5, 0.6) is 0 Å². The van der Waals surface area contributed by atoms with Crippen LogP contribution in [0.15, 0.2) is 18.3 Å². The summed E-state index contributed by atoms with van der Waals surface area (Å²) in [4.78, 5) is 6.61. The lowest BCUT2D eigenvalue weighted by atomic mass is 9.97. The van der Waals surface area contributed by atoms with Gasteiger partial charge in [0.25, 0.3) is 0 Å². The average Bonchev–Trinajstić information content (AvgIpc) is 2.83. The van der Waals surface area contributed by atoms with Gasteiger partial charge in [-0.25, -0.2) is 4.98 Å². The Morgan fingerprint density at radius 3 is 2.80 bits per heavy atom. The summed E-state index contributed by atoms with van der Waals surface area (Å²) in [6.07, 6.45) is 6.95. The largest absolute Gasteiger partial charge is 0.311 e. The van der Waals surface area contributed by atoms with Gasteiger partial charge in [-0.2, -0.15) is 5.26 Å². The second-order valence-electron chi connectivity index (χ2n) is 5.99. The van der Waals surface area contributed by atoms with Crippen LogP contribution in [0.25, 0.3) is 0 Å². The summed E-state index contributed by atoms with van der Waals surface area (Å²) < 4.78 is 0. The van der Waals surface area contributed by atoms with Gasteiger partial charge in [0.1, 0.15) is 11.8 Å². The van der Waals surface area contributed by atoms with Gasteiger partial charge >= 0.3 is 0 Å². The fraction of sp³-hybridized carbons (Fsp3) is 0.625. The number of piperidine rings is 1. The fourth-order valence-electron chi connectivity index (χ4n) is 3.69. The van der Waals surface area contributed by atoms with Crippen molar-refractivity contribution in [3.8, 4) is 6.07 Å². The zero-order chi connectivity index (χ0) is 13.9. The molecule has 20 heavy (non-hydrogen) atoms.